The van der Waals surface area contributed by atoms with Crippen LogP contribution in [0.5, 0.6) is 0 Å². The van der Waals surface area contributed by atoms with Gasteiger partial charge in [-0.3, -0.25) is 9.59 Å². The van der Waals surface area contributed by atoms with E-state index in [0.717, 1.165) is 12.8 Å². The van der Waals surface area contributed by atoms with E-state index in [1.165, 1.54) is 38.1 Å². The third-order valence-corrected chi connectivity index (χ3v) is 7.19. The van der Waals surface area contributed by atoms with Gasteiger partial charge in [0, 0.05) is 19.0 Å². The molecule has 42 heavy (non-hydrogen) atoms. The van der Waals surface area contributed by atoms with Gasteiger partial charge in [-0.15, -0.1) is 0 Å². The SMILES string of the molecule is C=Cc1cc(C(=O)O)c(-c2ccc(C(=O)NCC3CC3)nc2C(=O)OC(C)OC(=O)N[C@H](C(C)=O)[C@@H](C)CC)cc1C. The van der Waals surface area contributed by atoms with E-state index in [1.54, 1.807) is 13.0 Å². The molecular weight excluding hydrogens is 542 g/mol. The number of rotatable bonds is 13. The highest BCUT2D eigenvalue weighted by Gasteiger charge is 2.28. The molecule has 224 valence electrons. The van der Waals surface area contributed by atoms with E-state index in [4.69, 9.17) is 9.47 Å². The van der Waals surface area contributed by atoms with E-state index in [-0.39, 0.29) is 39.8 Å². The third-order valence-electron chi connectivity index (χ3n) is 7.19. The van der Waals surface area contributed by atoms with Gasteiger partial charge < -0.3 is 25.2 Å². The van der Waals surface area contributed by atoms with Gasteiger partial charge in [-0.1, -0.05) is 32.9 Å². The summed E-state index contributed by atoms with van der Waals surface area (Å²) < 4.78 is 10.5. The fourth-order valence-electron chi connectivity index (χ4n) is 4.38. The topological polar surface area (TPSA) is 161 Å². The zero-order valence-corrected chi connectivity index (χ0v) is 24.5. The molecule has 3 rings (SSSR count). The average Bonchev–Trinajstić information content (AvgIpc) is 3.78. The summed E-state index contributed by atoms with van der Waals surface area (Å²) in [7, 11) is 0. The van der Waals surface area contributed by atoms with E-state index >= 15 is 0 Å². The number of esters is 1. The summed E-state index contributed by atoms with van der Waals surface area (Å²) in [5.74, 6) is -2.77. The van der Waals surface area contributed by atoms with Gasteiger partial charge in [-0.05, 0) is 79.5 Å². The number of hydrogen-bond acceptors (Lipinski definition) is 8. The summed E-state index contributed by atoms with van der Waals surface area (Å²) in [4.78, 5) is 67.1. The minimum absolute atomic E-state index is 0.0631. The molecule has 1 heterocycles. The lowest BCUT2D eigenvalue weighted by Gasteiger charge is -2.22. The maximum Gasteiger partial charge on any atom is 0.410 e. The minimum Gasteiger partial charge on any atom is -0.478 e. The number of carboxylic acid groups (broad SMARTS) is 1. The zero-order chi connectivity index (χ0) is 31.1. The van der Waals surface area contributed by atoms with Crippen LogP contribution in [0.4, 0.5) is 4.79 Å². The number of benzene rings is 1. The van der Waals surface area contributed by atoms with Gasteiger partial charge in [0.15, 0.2) is 11.5 Å². The van der Waals surface area contributed by atoms with E-state index in [9.17, 15) is 29.1 Å². The first-order chi connectivity index (χ1) is 19.9. The van der Waals surface area contributed by atoms with E-state index in [0.29, 0.717) is 30.0 Å². The number of nitrogens with zero attached hydrogens (tertiary/aromatic N) is 1. The average molecular weight is 580 g/mol. The molecule has 2 amide bonds. The molecule has 0 aliphatic heterocycles. The molecule has 1 unspecified atom stereocenters. The molecule has 3 atom stereocenters. The van der Waals surface area contributed by atoms with Crippen molar-refractivity contribution in [3.8, 4) is 11.1 Å². The van der Waals surface area contributed by atoms with Crippen molar-refractivity contribution < 1.29 is 38.6 Å². The molecule has 1 saturated carbocycles. The first-order valence-corrected chi connectivity index (χ1v) is 13.8. The van der Waals surface area contributed by atoms with E-state index in [2.05, 4.69) is 22.2 Å². The Balaban J connectivity index is 1.94. The van der Waals surface area contributed by atoms with Crippen LogP contribution in [-0.2, 0) is 14.3 Å². The van der Waals surface area contributed by atoms with Gasteiger partial charge in [0.1, 0.15) is 5.69 Å². The van der Waals surface area contributed by atoms with Crippen molar-refractivity contribution in [2.45, 2.75) is 66.2 Å². The first-order valence-electron chi connectivity index (χ1n) is 13.8. The number of ketones is 1. The van der Waals surface area contributed by atoms with Gasteiger partial charge in [-0.2, -0.15) is 0 Å². The Morgan fingerprint density at radius 2 is 1.81 bits per heavy atom. The lowest BCUT2D eigenvalue weighted by Crippen LogP contribution is -2.45. The second-order valence-electron chi connectivity index (χ2n) is 10.5. The fraction of sp³-hybridized carbons (Fsp3) is 0.419. The van der Waals surface area contributed by atoms with Crippen LogP contribution in [-0.4, -0.2) is 58.7 Å². The van der Waals surface area contributed by atoms with E-state index in [1.807, 2.05) is 13.8 Å². The smallest absolute Gasteiger partial charge is 0.410 e. The number of aryl methyl sites for hydroxylation is 1. The predicted octanol–water partition coefficient (Wildman–Crippen LogP) is 4.77. The van der Waals surface area contributed by atoms with Crippen molar-refractivity contribution in [3.63, 3.8) is 0 Å². The summed E-state index contributed by atoms with van der Waals surface area (Å²) in [5, 5.41) is 15.2. The summed E-state index contributed by atoms with van der Waals surface area (Å²) in [6.45, 7) is 12.3. The molecule has 0 saturated heterocycles. The number of carboxylic acids is 1. The summed E-state index contributed by atoms with van der Waals surface area (Å²) in [5.41, 5.74) is 1.08. The number of alkyl carbamates (subject to hydrolysis) is 1. The van der Waals surface area contributed by atoms with E-state index < -0.39 is 36.3 Å². The molecule has 1 aliphatic rings. The Hall–Kier alpha value is -4.54. The highest BCUT2D eigenvalue weighted by molar-refractivity contribution is 6.03. The maximum absolute atomic E-state index is 13.4. The molecule has 0 bridgehead atoms. The molecular formula is C31H37N3O8. The van der Waals surface area contributed by atoms with Crippen LogP contribution >= 0.6 is 0 Å². The van der Waals surface area contributed by atoms with Crippen molar-refractivity contribution in [3.05, 3.63) is 58.9 Å². The first kappa shape index (κ1) is 32.0. The standard InChI is InChI=1S/C31H37N3O8/c1-7-16(3)26(18(5)35)34-31(40)42-19(6)41-30(39)27-22(11-12-25(33-27)28(36)32-15-20-9-10-20)23-13-17(4)21(8-2)14-24(23)29(37)38/h8,11-14,16,19-20,26H,2,7,9-10,15H2,1,3-6H3,(H,32,36)(H,34,40)(H,37,38)/t16-,19?,26-/m0/s1. The third kappa shape index (κ3) is 8.02. The van der Waals surface area contributed by atoms with Gasteiger partial charge in [0.25, 0.3) is 5.91 Å². The molecule has 2 aromatic rings. The molecule has 11 nitrogen and oxygen atoms in total. The highest BCUT2D eigenvalue weighted by Crippen LogP contribution is 2.31. The Labute approximate surface area is 244 Å². The molecule has 1 aromatic heterocycles. The number of pyridine rings is 1. The van der Waals surface area contributed by atoms with Crippen LogP contribution in [0, 0.1) is 18.8 Å². The minimum atomic E-state index is -1.41. The van der Waals surface area contributed by atoms with Crippen LogP contribution in [0.2, 0.25) is 0 Å². The highest BCUT2D eigenvalue weighted by atomic mass is 16.7. The zero-order valence-electron chi connectivity index (χ0n) is 24.5. The van der Waals surface area contributed by atoms with Crippen LogP contribution < -0.4 is 10.6 Å². The number of amides is 2. The number of nitrogens with one attached hydrogen (secondary N) is 2. The number of carbonyl (C=O) groups excluding carboxylic acids is 4. The molecule has 0 radical (unpaired) electrons. The molecule has 0 spiro atoms. The van der Waals surface area contributed by atoms with Gasteiger partial charge in [-0.25, -0.2) is 19.4 Å². The van der Waals surface area contributed by atoms with Crippen molar-refractivity contribution in [2.24, 2.45) is 11.8 Å². The van der Waals surface area contributed by atoms with Crippen molar-refractivity contribution in [1.82, 2.24) is 15.6 Å². The Bertz CT molecular complexity index is 1400. The lowest BCUT2D eigenvalue weighted by atomic mass is 9.93. The van der Waals surface area contributed by atoms with Crippen molar-refractivity contribution in [2.75, 3.05) is 6.54 Å². The van der Waals surface area contributed by atoms with Crippen molar-refractivity contribution >= 4 is 35.8 Å². The number of aromatic carboxylic acids is 1. The Morgan fingerprint density at radius 3 is 2.38 bits per heavy atom. The molecule has 1 aromatic carbocycles. The summed E-state index contributed by atoms with van der Waals surface area (Å²) in [6, 6.07) is 5.09. The van der Waals surface area contributed by atoms with Gasteiger partial charge in [0.05, 0.1) is 11.6 Å². The van der Waals surface area contributed by atoms with Crippen LogP contribution in [0.15, 0.2) is 30.8 Å². The van der Waals surface area contributed by atoms with Crippen molar-refractivity contribution in [1.29, 1.82) is 0 Å². The molecule has 11 heteroatoms. The number of Topliss-reactive ketones (excluding diaryl/α,β-unsaturated/α-hetero) is 1. The Morgan fingerprint density at radius 1 is 1.12 bits per heavy atom. The summed E-state index contributed by atoms with van der Waals surface area (Å²) >= 11 is 0. The molecule has 1 fully saturated rings. The predicted molar refractivity (Wildman–Crippen MR) is 155 cm³/mol. The maximum atomic E-state index is 13.4. The van der Waals surface area contributed by atoms with Gasteiger partial charge in [0.2, 0.25) is 6.29 Å². The number of hydrogen-bond donors (Lipinski definition) is 3. The number of aromatic nitrogens is 1. The molecule has 3 N–H and O–H groups in total. The Kier molecular flexibility index (Phi) is 10.6. The molecule has 1 aliphatic carbocycles. The van der Waals surface area contributed by atoms with Crippen LogP contribution in [0.3, 0.4) is 0 Å². The quantitative estimate of drug-likeness (QED) is 0.224. The normalized spacial score (nSPS) is 14.6. The van der Waals surface area contributed by atoms with Gasteiger partial charge >= 0.3 is 18.0 Å². The van der Waals surface area contributed by atoms with Crippen LogP contribution in [0.1, 0.15) is 89.4 Å². The monoisotopic (exact) mass is 579 g/mol. The second-order valence-corrected chi connectivity index (χ2v) is 10.5. The largest absolute Gasteiger partial charge is 0.478 e. The number of ether oxygens (including phenoxy) is 2. The second kappa shape index (κ2) is 13.9. The number of carbonyl (C=O) groups is 5. The summed E-state index contributed by atoms with van der Waals surface area (Å²) in [6.07, 6.45) is 1.85. The van der Waals surface area contributed by atoms with Crippen LogP contribution in [0.25, 0.3) is 17.2 Å². The fourth-order valence-corrected chi connectivity index (χ4v) is 4.38. The lowest BCUT2D eigenvalue weighted by molar-refractivity contribution is -0.120.